The molecule has 23 heavy (non-hydrogen) atoms. The van der Waals surface area contributed by atoms with Gasteiger partial charge in [0.15, 0.2) is 0 Å². The minimum atomic E-state index is -1.27. The first-order chi connectivity index (χ1) is 11.3. The molecule has 0 amide bonds. The number of nitrogens with zero attached hydrogens (tertiary/aromatic N) is 3. The summed E-state index contributed by atoms with van der Waals surface area (Å²) in [6, 6.07) is 23.9. The van der Waals surface area contributed by atoms with Gasteiger partial charge in [0.05, 0.1) is 0 Å². The zero-order valence-electron chi connectivity index (χ0n) is 12.6. The number of benzene rings is 3. The summed E-state index contributed by atoms with van der Waals surface area (Å²) < 4.78 is 2.88. The second kappa shape index (κ2) is 5.98. The minimum absolute atomic E-state index is 0.636. The van der Waals surface area contributed by atoms with Crippen LogP contribution in [0.3, 0.4) is 0 Å². The van der Waals surface area contributed by atoms with Gasteiger partial charge in [0.25, 0.3) is 0 Å². The van der Waals surface area contributed by atoms with Crippen molar-refractivity contribution in [1.29, 1.82) is 0 Å². The fourth-order valence-electron chi connectivity index (χ4n) is 2.65. The van der Waals surface area contributed by atoms with E-state index in [1.54, 1.807) is 0 Å². The molecule has 0 saturated carbocycles. The first-order valence-electron chi connectivity index (χ1n) is 7.38. The van der Waals surface area contributed by atoms with Gasteiger partial charge in [0.1, 0.15) is 0 Å². The predicted octanol–water partition coefficient (Wildman–Crippen LogP) is 2.26. The molecule has 1 unspecified atom stereocenters. The monoisotopic (exact) mass is 362 g/mol. The quantitative estimate of drug-likeness (QED) is 0.569. The van der Waals surface area contributed by atoms with Crippen molar-refractivity contribution in [1.82, 2.24) is 20.6 Å². The average Bonchev–Trinajstić information content (AvgIpc) is 3.15. The Morgan fingerprint density at radius 1 is 0.826 bits per heavy atom. The summed E-state index contributed by atoms with van der Waals surface area (Å²) in [7, 11) is 0. The van der Waals surface area contributed by atoms with Crippen LogP contribution in [0.2, 0.25) is 5.71 Å². The van der Waals surface area contributed by atoms with Gasteiger partial charge in [-0.15, -0.1) is 0 Å². The molecular formula is C18H15AsN4. The van der Waals surface area contributed by atoms with Gasteiger partial charge in [0.2, 0.25) is 0 Å². The van der Waals surface area contributed by atoms with E-state index >= 15 is 0 Å². The second-order valence-electron chi connectivity index (χ2n) is 5.37. The summed E-state index contributed by atoms with van der Waals surface area (Å²) in [5.41, 5.74) is 3.36. The molecule has 4 rings (SSSR count). The van der Waals surface area contributed by atoms with Gasteiger partial charge < -0.3 is 0 Å². The van der Waals surface area contributed by atoms with Crippen molar-refractivity contribution in [3.05, 3.63) is 66.7 Å². The first kappa shape index (κ1) is 14.2. The molecule has 4 nitrogen and oxygen atoms in total. The number of fused-ring (bicyclic) bond motifs is 1. The van der Waals surface area contributed by atoms with E-state index in [1.807, 2.05) is 0 Å². The predicted molar refractivity (Wildman–Crippen MR) is 94.4 cm³/mol. The summed E-state index contributed by atoms with van der Waals surface area (Å²) in [5.74, 6) is 0.636. The van der Waals surface area contributed by atoms with E-state index in [0.717, 1.165) is 5.56 Å². The number of nitrogens with one attached hydrogen (secondary N) is 1. The number of hydrogen-bond acceptors (Lipinski definition) is 3. The number of hydrogen-bond donors (Lipinski definition) is 1. The molecule has 0 aliphatic heterocycles. The van der Waals surface area contributed by atoms with Crippen LogP contribution in [0.15, 0.2) is 66.7 Å². The zero-order chi connectivity index (χ0) is 15.6. The Bertz CT molecular complexity index is 933. The maximum absolute atomic E-state index is 4.02. The number of rotatable bonds is 3. The summed E-state index contributed by atoms with van der Waals surface area (Å²) in [4.78, 5) is 0. The summed E-state index contributed by atoms with van der Waals surface area (Å²) >= 11 is -1.27. The Balaban J connectivity index is 1.66. The van der Waals surface area contributed by atoms with Crippen molar-refractivity contribution in [3.8, 4) is 11.4 Å². The molecule has 0 aliphatic carbocycles. The Labute approximate surface area is 138 Å². The molecule has 1 aromatic heterocycles. The van der Waals surface area contributed by atoms with Crippen molar-refractivity contribution < 1.29 is 0 Å². The Morgan fingerprint density at radius 3 is 2.30 bits per heavy atom. The third kappa shape index (κ3) is 2.78. The van der Waals surface area contributed by atoms with Crippen LogP contribution in [0, 0.1) is 0 Å². The second-order valence-corrected chi connectivity index (χ2v) is 9.89. The maximum atomic E-state index is 4.02. The molecule has 112 valence electrons. The Kier molecular flexibility index (Phi) is 3.68. The van der Waals surface area contributed by atoms with Crippen molar-refractivity contribution in [2.45, 2.75) is 5.71 Å². The fourth-order valence-corrected chi connectivity index (χ4v) is 5.85. The van der Waals surface area contributed by atoms with Crippen LogP contribution >= 0.6 is 0 Å². The normalized spacial score (nSPS) is 12.4. The molecule has 0 aliphatic rings. The summed E-state index contributed by atoms with van der Waals surface area (Å²) in [6.07, 6.45) is 0. The van der Waals surface area contributed by atoms with E-state index in [4.69, 9.17) is 0 Å². The van der Waals surface area contributed by atoms with Gasteiger partial charge in [-0.1, -0.05) is 0 Å². The molecular weight excluding hydrogens is 347 g/mol. The summed E-state index contributed by atoms with van der Waals surface area (Å²) in [5, 5.41) is 16.7. The molecule has 0 radical (unpaired) electrons. The Morgan fingerprint density at radius 2 is 1.57 bits per heavy atom. The van der Waals surface area contributed by atoms with Gasteiger partial charge in [-0.3, -0.25) is 0 Å². The van der Waals surface area contributed by atoms with Crippen LogP contribution in [0.1, 0.15) is 0 Å². The SMILES string of the molecule is C[As](c1ccc(-c2nn[nH]n2)cc1)c1ccc2ccccc2c1. The van der Waals surface area contributed by atoms with E-state index in [-0.39, 0.29) is 0 Å². The molecule has 0 spiro atoms. The van der Waals surface area contributed by atoms with Gasteiger partial charge >= 0.3 is 139 Å². The van der Waals surface area contributed by atoms with Crippen LogP contribution in [0.25, 0.3) is 22.2 Å². The molecule has 3 aromatic carbocycles. The van der Waals surface area contributed by atoms with Crippen LogP contribution in [-0.4, -0.2) is 35.3 Å². The van der Waals surface area contributed by atoms with Crippen LogP contribution in [0.4, 0.5) is 0 Å². The third-order valence-electron chi connectivity index (χ3n) is 3.98. The van der Waals surface area contributed by atoms with Gasteiger partial charge in [-0.25, -0.2) is 0 Å². The molecule has 4 aromatic rings. The van der Waals surface area contributed by atoms with E-state index in [2.05, 4.69) is 93.1 Å². The standard InChI is InChI=1S/C18H15AsN4/c1-19(17-11-6-13-4-2-3-5-15(13)12-17)16-9-7-14(8-10-16)18-20-22-23-21-18/h2-12H,1H3,(H,20,21,22,23). The van der Waals surface area contributed by atoms with Crippen LogP contribution in [-0.2, 0) is 0 Å². The van der Waals surface area contributed by atoms with Gasteiger partial charge in [-0.05, 0) is 0 Å². The van der Waals surface area contributed by atoms with E-state index in [0.29, 0.717) is 5.82 Å². The van der Waals surface area contributed by atoms with E-state index in [1.165, 1.54) is 19.5 Å². The molecule has 0 fully saturated rings. The fraction of sp³-hybridized carbons (Fsp3) is 0.0556. The van der Waals surface area contributed by atoms with Crippen LogP contribution in [0.5, 0.6) is 0 Å². The molecule has 0 bridgehead atoms. The number of tetrazole rings is 1. The molecule has 1 atom stereocenters. The van der Waals surface area contributed by atoms with Crippen molar-refractivity contribution in [3.63, 3.8) is 0 Å². The number of aromatic amines is 1. The third-order valence-corrected chi connectivity index (χ3v) is 8.44. The van der Waals surface area contributed by atoms with Crippen molar-refractivity contribution >= 4 is 34.1 Å². The average molecular weight is 362 g/mol. The van der Waals surface area contributed by atoms with Gasteiger partial charge in [-0.2, -0.15) is 0 Å². The van der Waals surface area contributed by atoms with Crippen molar-refractivity contribution in [2.75, 3.05) is 0 Å². The molecule has 1 N–H and O–H groups in total. The molecule has 1 heterocycles. The number of H-pyrrole nitrogens is 1. The molecule has 0 saturated heterocycles. The van der Waals surface area contributed by atoms with E-state index in [9.17, 15) is 0 Å². The first-order valence-corrected chi connectivity index (χ1v) is 11.1. The topological polar surface area (TPSA) is 54.5 Å². The number of aromatic nitrogens is 4. The van der Waals surface area contributed by atoms with Crippen LogP contribution < -0.4 is 8.70 Å². The van der Waals surface area contributed by atoms with E-state index < -0.39 is 14.7 Å². The summed E-state index contributed by atoms with van der Waals surface area (Å²) in [6.45, 7) is 0. The Hall–Kier alpha value is -2.45. The molecule has 5 heteroatoms. The van der Waals surface area contributed by atoms with Gasteiger partial charge in [0, 0.05) is 0 Å². The zero-order valence-corrected chi connectivity index (χ0v) is 14.5. The van der Waals surface area contributed by atoms with Crippen molar-refractivity contribution in [2.24, 2.45) is 0 Å².